The zero-order chi connectivity index (χ0) is 69.3. The van der Waals surface area contributed by atoms with Gasteiger partial charge in [0.15, 0.2) is 18.9 Å². The zero-order valence-electron chi connectivity index (χ0n) is 56.1. The van der Waals surface area contributed by atoms with Crippen LogP contribution in [0.3, 0.4) is 0 Å². The molecule has 0 aromatic carbocycles. The molecule has 16 N–H and O–H groups in total. The number of ether oxygens (including phenoxy) is 8. The predicted octanol–water partition coefficient (Wildman–Crippen LogP) is 1.67. The van der Waals surface area contributed by atoms with Gasteiger partial charge in [-0.25, -0.2) is 4.79 Å². The van der Waals surface area contributed by atoms with Gasteiger partial charge in [0.25, 0.3) is 5.79 Å². The molecular weight excluding hydrogens is 1240 g/mol. The number of rotatable bonds is 49. The lowest BCUT2D eigenvalue weighted by atomic mass is 9.87. The summed E-state index contributed by atoms with van der Waals surface area (Å²) in [6, 6.07) is -2.69. The number of unbranched alkanes of at least 4 members (excludes halogenated alkanes) is 24. The van der Waals surface area contributed by atoms with Crippen molar-refractivity contribution in [1.82, 2.24) is 10.6 Å². The van der Waals surface area contributed by atoms with Crippen molar-refractivity contribution >= 4 is 23.6 Å². The number of ketones is 1. The van der Waals surface area contributed by atoms with E-state index in [0.29, 0.717) is 19.3 Å². The summed E-state index contributed by atoms with van der Waals surface area (Å²) >= 11 is 0. The van der Waals surface area contributed by atoms with Crippen LogP contribution < -0.4 is 10.6 Å². The molecule has 0 aromatic heterocycles. The summed E-state index contributed by atoms with van der Waals surface area (Å²) in [4.78, 5) is 52.0. The molecule has 0 bridgehead atoms. The largest absolute Gasteiger partial charge is 0.477 e. The Morgan fingerprint density at radius 3 is 1.51 bits per heavy atom. The zero-order valence-corrected chi connectivity index (χ0v) is 56.1. The smallest absolute Gasteiger partial charge is 0.364 e. The fraction of sp³-hybridized carbons (Fsp3) is 0.939. The third-order valence-electron chi connectivity index (χ3n) is 18.6. The second kappa shape index (κ2) is 45.1. The Morgan fingerprint density at radius 2 is 1.02 bits per heavy atom. The SMILES string of the molecule is CCCCCCCCCCCCCCCC(=O)N[C@@H](CO[C@@H]1O[C@H](CO)[C@@H](O[C@@H]2O[C@H](CO)[C@H](O[C@@H]3O[C@H](CO)[C@H](O)[C@H](O)[C@H]3CC(C)=O)[C@H](O[C@]3(C(=O)O)C[C@H](O)[C@@H](NC(C)=O)C([C@H](O)[C@H](O)CO)O3)[C@H]2O)[C@H](O)[C@H]1O)[C@H](O)CCCCCCCCCCCCCCC. The highest BCUT2D eigenvalue weighted by atomic mass is 16.8. The van der Waals surface area contributed by atoms with Crippen LogP contribution in [0.4, 0.5) is 0 Å². The first kappa shape index (κ1) is 83.7. The van der Waals surface area contributed by atoms with Crippen LogP contribution in [-0.2, 0) is 57.1 Å². The van der Waals surface area contributed by atoms with Gasteiger partial charge in [-0.05, 0) is 19.8 Å². The molecule has 0 aliphatic carbocycles. The maximum absolute atomic E-state index is 13.6. The summed E-state index contributed by atoms with van der Waals surface area (Å²) in [5.74, 6) is -8.50. The highest BCUT2D eigenvalue weighted by Gasteiger charge is 2.61. The van der Waals surface area contributed by atoms with Crippen LogP contribution in [0, 0.1) is 5.92 Å². The van der Waals surface area contributed by atoms with Gasteiger partial charge < -0.3 is 125 Å². The minimum absolute atomic E-state index is 0.188. The molecule has 1 unspecified atom stereocenters. The van der Waals surface area contributed by atoms with Crippen LogP contribution >= 0.6 is 0 Å². The van der Waals surface area contributed by atoms with Crippen LogP contribution in [0.15, 0.2) is 0 Å². The summed E-state index contributed by atoms with van der Waals surface area (Å²) in [7, 11) is 0. The molecule has 28 nitrogen and oxygen atoms in total. The van der Waals surface area contributed by atoms with Gasteiger partial charge in [0.2, 0.25) is 11.8 Å². The fourth-order valence-corrected chi connectivity index (χ4v) is 13.0. The summed E-state index contributed by atoms with van der Waals surface area (Å²) in [6.45, 7) is 1.98. The second-order valence-electron chi connectivity index (χ2n) is 26.5. The first-order valence-corrected chi connectivity index (χ1v) is 35.1. The Kier molecular flexibility index (Phi) is 40.1. The van der Waals surface area contributed by atoms with E-state index in [2.05, 4.69) is 24.5 Å². The van der Waals surface area contributed by atoms with E-state index >= 15 is 0 Å². The number of aliphatic carboxylic acids is 1. The number of Topliss-reactive ketones (excluding diaryl/α,β-unsaturated/α-hetero) is 1. The Hall–Kier alpha value is -2.76. The Bertz CT molecular complexity index is 2090. The number of aliphatic hydroxyl groups excluding tert-OH is 13. The van der Waals surface area contributed by atoms with Crippen molar-refractivity contribution in [3.05, 3.63) is 0 Å². The van der Waals surface area contributed by atoms with Crippen molar-refractivity contribution < 1.29 is 129 Å². The predicted molar refractivity (Wildman–Crippen MR) is 338 cm³/mol. The molecule has 4 rings (SSSR count). The number of carbonyl (C=O) groups excluding carboxylic acids is 3. The molecule has 4 heterocycles. The molecule has 4 fully saturated rings. The van der Waals surface area contributed by atoms with Crippen molar-refractivity contribution in [2.75, 3.05) is 33.0 Å². The molecule has 550 valence electrons. The van der Waals surface area contributed by atoms with Crippen LogP contribution in [-0.4, -0.2) is 262 Å². The van der Waals surface area contributed by atoms with E-state index < -0.39 is 204 Å². The van der Waals surface area contributed by atoms with E-state index in [9.17, 15) is 90.7 Å². The maximum atomic E-state index is 13.6. The van der Waals surface area contributed by atoms with E-state index in [0.717, 1.165) is 65.2 Å². The number of amides is 2. The number of carboxylic acids is 1. The van der Waals surface area contributed by atoms with Crippen LogP contribution in [0.2, 0.25) is 0 Å². The number of nitrogens with one attached hydrogen (secondary N) is 2. The van der Waals surface area contributed by atoms with E-state index in [1.165, 1.54) is 103 Å². The lowest BCUT2D eigenvalue weighted by Gasteiger charge is -2.52. The van der Waals surface area contributed by atoms with E-state index in [1.807, 2.05) is 0 Å². The van der Waals surface area contributed by atoms with Crippen molar-refractivity contribution in [2.24, 2.45) is 5.92 Å². The number of hydrogen-bond acceptors (Lipinski definition) is 25. The standard InChI is InChI=1S/C66H120N2O26/c1-5-7-9-11-13-15-17-19-21-23-25-27-29-31-44(75)43(68-50(78)32-30-28-26-24-22-20-18-16-14-12-10-8-6-2)39-87-63-56(83)55(82)58(48(37-71)89-63)91-64-57(84)61(59(49(38-72)90-64)92-62-42(33-40(3)73)52(79)54(81)47(36-70)88-62)94-66(65(85)86)34-45(76)51(67-41(4)74)60(93-66)53(80)46(77)35-69/h42-49,51-64,69-72,75-77,79-84H,5-39H2,1-4H3,(H,67,74)(H,68,78)(H,85,86)/t42-,43+,44-,45+,46-,47-,48-,49-,51-,52-,53-,54+,55-,56-,57-,58-,59+,60?,61-,62+,63-,64+,66+/m1/s1. The normalized spacial score (nSPS) is 32.7. The summed E-state index contributed by atoms with van der Waals surface area (Å²) in [5.41, 5.74) is 0. The fourth-order valence-electron chi connectivity index (χ4n) is 13.0. The van der Waals surface area contributed by atoms with Gasteiger partial charge in [0.05, 0.1) is 63.4 Å². The van der Waals surface area contributed by atoms with E-state index in [4.69, 9.17) is 37.9 Å². The van der Waals surface area contributed by atoms with Crippen LogP contribution in [0.5, 0.6) is 0 Å². The quantitative estimate of drug-likeness (QED) is 0.0385. The minimum Gasteiger partial charge on any atom is -0.477 e. The summed E-state index contributed by atoms with van der Waals surface area (Å²) in [6.07, 6.45) is -8.88. The molecule has 23 atom stereocenters. The highest BCUT2D eigenvalue weighted by molar-refractivity contribution is 5.77. The van der Waals surface area contributed by atoms with E-state index in [1.54, 1.807) is 0 Å². The molecular formula is C66H120N2O26. The monoisotopic (exact) mass is 1360 g/mol. The van der Waals surface area contributed by atoms with E-state index in [-0.39, 0.29) is 12.3 Å². The molecule has 2 amide bonds. The average molecular weight is 1360 g/mol. The third-order valence-corrected chi connectivity index (χ3v) is 18.6. The molecule has 28 heteroatoms. The van der Waals surface area contributed by atoms with Crippen molar-refractivity contribution in [1.29, 1.82) is 0 Å². The first-order valence-electron chi connectivity index (χ1n) is 35.1. The molecule has 0 radical (unpaired) electrons. The van der Waals surface area contributed by atoms with Gasteiger partial charge in [-0.15, -0.1) is 0 Å². The Morgan fingerprint density at radius 1 is 0.543 bits per heavy atom. The van der Waals surface area contributed by atoms with Crippen molar-refractivity contribution in [3.63, 3.8) is 0 Å². The van der Waals surface area contributed by atoms with Gasteiger partial charge >= 0.3 is 5.97 Å². The first-order chi connectivity index (χ1) is 45.0. The molecule has 4 aliphatic rings. The molecule has 4 aliphatic heterocycles. The van der Waals surface area contributed by atoms with Crippen molar-refractivity contribution in [2.45, 2.75) is 355 Å². The molecule has 4 saturated heterocycles. The second-order valence-corrected chi connectivity index (χ2v) is 26.5. The lowest BCUT2D eigenvalue weighted by Crippen LogP contribution is -2.71. The van der Waals surface area contributed by atoms with Crippen molar-refractivity contribution in [3.8, 4) is 0 Å². The summed E-state index contributed by atoms with van der Waals surface area (Å²) in [5, 5.41) is 161. The molecule has 0 saturated carbocycles. The summed E-state index contributed by atoms with van der Waals surface area (Å²) < 4.78 is 48.1. The van der Waals surface area contributed by atoms with Gasteiger partial charge in [0.1, 0.15) is 85.1 Å². The van der Waals surface area contributed by atoms with Gasteiger partial charge in [-0.3, -0.25) is 9.59 Å². The topological polar surface area (TPSA) is 449 Å². The number of carbonyl (C=O) groups is 4. The Balaban J connectivity index is 1.55. The van der Waals surface area contributed by atoms with Gasteiger partial charge in [-0.2, -0.15) is 0 Å². The highest BCUT2D eigenvalue weighted by Crippen LogP contribution is 2.41. The third kappa shape index (κ3) is 26.7. The maximum Gasteiger partial charge on any atom is 0.364 e. The van der Waals surface area contributed by atoms with Crippen LogP contribution in [0.25, 0.3) is 0 Å². The number of aliphatic hydroxyl groups is 13. The lowest BCUT2D eigenvalue weighted by molar-refractivity contribution is -0.403. The van der Waals surface area contributed by atoms with Gasteiger partial charge in [-0.1, -0.05) is 174 Å². The molecule has 94 heavy (non-hydrogen) atoms. The number of hydrogen-bond donors (Lipinski definition) is 16. The average Bonchev–Trinajstić information content (AvgIpc) is 0.751. The molecule has 0 aromatic rings. The minimum atomic E-state index is -3.26. The number of carboxylic acid groups (broad SMARTS) is 1. The molecule has 0 spiro atoms. The van der Waals surface area contributed by atoms with Gasteiger partial charge in [0, 0.05) is 32.1 Å². The Labute approximate surface area is 554 Å². The van der Waals surface area contributed by atoms with Crippen LogP contribution in [0.1, 0.15) is 220 Å².